The molecule has 19 heavy (non-hydrogen) atoms. The van der Waals surface area contributed by atoms with E-state index in [0.29, 0.717) is 23.3 Å². The van der Waals surface area contributed by atoms with Crippen LogP contribution < -0.4 is 10.6 Å². The second-order valence-corrected chi connectivity index (χ2v) is 5.16. The average Bonchev–Trinajstić information content (AvgIpc) is 2.33. The van der Waals surface area contributed by atoms with Crippen molar-refractivity contribution in [3.8, 4) is 0 Å². The summed E-state index contributed by atoms with van der Waals surface area (Å²) < 4.78 is 18.4. The second kappa shape index (κ2) is 7.67. The first kappa shape index (κ1) is 16.2. The molecule has 0 aliphatic carbocycles. The molecule has 0 saturated carbocycles. The van der Waals surface area contributed by atoms with Gasteiger partial charge in [-0.15, -0.1) is 0 Å². The number of carbonyl (C=O) groups excluding carboxylic acids is 1. The smallest absolute Gasteiger partial charge is 0.242 e. The first-order valence-electron chi connectivity index (χ1n) is 5.63. The fourth-order valence-corrected chi connectivity index (χ4v) is 2.31. The number of hydrogen-bond donors (Lipinski definition) is 2. The van der Waals surface area contributed by atoms with Gasteiger partial charge >= 0.3 is 0 Å². The van der Waals surface area contributed by atoms with Crippen molar-refractivity contribution < 1.29 is 13.9 Å². The molecule has 4 nitrogen and oxygen atoms in total. The largest absolute Gasteiger partial charge is 0.383 e. The van der Waals surface area contributed by atoms with Gasteiger partial charge in [0.2, 0.25) is 5.91 Å². The number of benzene rings is 1. The standard InChI is InChI=1S/C12H15BrClFN2O2/c1-7(12(18)16-3-4-19-2)17-11-9(13)5-8(15)6-10(11)14/h5-7,17H,3-4H2,1-2H3,(H,16,18). The van der Waals surface area contributed by atoms with Gasteiger partial charge in [0.1, 0.15) is 11.9 Å². The number of carbonyl (C=O) groups is 1. The lowest BCUT2D eigenvalue weighted by Crippen LogP contribution is -2.39. The van der Waals surface area contributed by atoms with E-state index in [1.54, 1.807) is 14.0 Å². The number of amides is 1. The molecule has 7 heteroatoms. The van der Waals surface area contributed by atoms with E-state index in [0.717, 1.165) is 0 Å². The van der Waals surface area contributed by atoms with Crippen molar-refractivity contribution >= 4 is 39.1 Å². The summed E-state index contributed by atoms with van der Waals surface area (Å²) in [5, 5.41) is 5.84. The Bertz CT molecular complexity index is 436. The van der Waals surface area contributed by atoms with E-state index in [1.165, 1.54) is 12.1 Å². The summed E-state index contributed by atoms with van der Waals surface area (Å²) in [4.78, 5) is 11.8. The summed E-state index contributed by atoms with van der Waals surface area (Å²) in [5.41, 5.74) is 0.484. The fourth-order valence-electron chi connectivity index (χ4n) is 1.39. The third-order valence-corrected chi connectivity index (χ3v) is 3.29. The molecule has 0 fully saturated rings. The van der Waals surface area contributed by atoms with E-state index in [1.807, 2.05) is 0 Å². The molecular formula is C12H15BrClFN2O2. The molecule has 0 radical (unpaired) electrons. The Kier molecular flexibility index (Phi) is 6.54. The normalized spacial score (nSPS) is 12.1. The molecule has 0 spiro atoms. The summed E-state index contributed by atoms with van der Waals surface area (Å²) in [7, 11) is 1.56. The molecule has 1 aromatic rings. The Labute approximate surface area is 124 Å². The van der Waals surface area contributed by atoms with Crippen LogP contribution in [0.25, 0.3) is 0 Å². The molecule has 1 atom stereocenters. The van der Waals surface area contributed by atoms with Crippen LogP contribution in [0.15, 0.2) is 16.6 Å². The van der Waals surface area contributed by atoms with E-state index in [-0.39, 0.29) is 10.9 Å². The van der Waals surface area contributed by atoms with Crippen LogP contribution in [0.4, 0.5) is 10.1 Å². The van der Waals surface area contributed by atoms with E-state index < -0.39 is 11.9 Å². The third kappa shape index (κ3) is 4.97. The molecule has 0 saturated heterocycles. The minimum atomic E-state index is -0.504. The van der Waals surface area contributed by atoms with Crippen LogP contribution in [0.3, 0.4) is 0 Å². The quantitative estimate of drug-likeness (QED) is 0.773. The highest BCUT2D eigenvalue weighted by Gasteiger charge is 2.16. The molecular weight excluding hydrogens is 338 g/mol. The maximum atomic E-state index is 13.1. The van der Waals surface area contributed by atoms with Crippen molar-refractivity contribution in [2.75, 3.05) is 25.6 Å². The number of methoxy groups -OCH3 is 1. The Balaban J connectivity index is 2.66. The minimum absolute atomic E-state index is 0.190. The van der Waals surface area contributed by atoms with Crippen LogP contribution in [0.2, 0.25) is 5.02 Å². The Hall–Kier alpha value is -0.850. The first-order chi connectivity index (χ1) is 8.95. The van der Waals surface area contributed by atoms with Gasteiger partial charge in [-0.1, -0.05) is 11.6 Å². The lowest BCUT2D eigenvalue weighted by molar-refractivity contribution is -0.121. The molecule has 106 valence electrons. The maximum absolute atomic E-state index is 13.1. The Morgan fingerprint density at radius 1 is 1.58 bits per heavy atom. The zero-order valence-electron chi connectivity index (χ0n) is 10.6. The predicted octanol–water partition coefficient (Wildman–Crippen LogP) is 2.80. The van der Waals surface area contributed by atoms with Crippen molar-refractivity contribution in [3.63, 3.8) is 0 Å². The monoisotopic (exact) mass is 352 g/mol. The molecule has 2 N–H and O–H groups in total. The maximum Gasteiger partial charge on any atom is 0.242 e. The van der Waals surface area contributed by atoms with Gasteiger partial charge in [0.05, 0.1) is 17.3 Å². The minimum Gasteiger partial charge on any atom is -0.383 e. The molecule has 1 amide bonds. The fraction of sp³-hybridized carbons (Fsp3) is 0.417. The zero-order valence-corrected chi connectivity index (χ0v) is 12.9. The molecule has 1 unspecified atom stereocenters. The zero-order chi connectivity index (χ0) is 14.4. The summed E-state index contributed by atoms with van der Waals surface area (Å²) in [5.74, 6) is -0.635. The SMILES string of the molecule is COCCNC(=O)C(C)Nc1c(Cl)cc(F)cc1Br. The van der Waals surface area contributed by atoms with Crippen molar-refractivity contribution in [2.24, 2.45) is 0 Å². The van der Waals surface area contributed by atoms with E-state index in [4.69, 9.17) is 16.3 Å². The Morgan fingerprint density at radius 2 is 2.26 bits per heavy atom. The number of nitrogens with one attached hydrogen (secondary N) is 2. The average molecular weight is 354 g/mol. The summed E-state index contributed by atoms with van der Waals surface area (Å²) >= 11 is 9.13. The van der Waals surface area contributed by atoms with Crippen LogP contribution in [0, 0.1) is 5.82 Å². The van der Waals surface area contributed by atoms with Gasteiger partial charge in [-0.25, -0.2) is 4.39 Å². The number of halogens is 3. The van der Waals surface area contributed by atoms with E-state index in [9.17, 15) is 9.18 Å². The topological polar surface area (TPSA) is 50.4 Å². The lowest BCUT2D eigenvalue weighted by atomic mass is 10.2. The van der Waals surface area contributed by atoms with Crippen molar-refractivity contribution in [2.45, 2.75) is 13.0 Å². The molecule has 0 aliphatic rings. The number of hydrogen-bond acceptors (Lipinski definition) is 3. The van der Waals surface area contributed by atoms with E-state index in [2.05, 4.69) is 26.6 Å². The lowest BCUT2D eigenvalue weighted by Gasteiger charge is -2.17. The van der Waals surface area contributed by atoms with Gasteiger partial charge in [0.25, 0.3) is 0 Å². The van der Waals surface area contributed by atoms with Gasteiger partial charge in [0, 0.05) is 18.1 Å². The molecule has 0 aromatic heterocycles. The molecule has 1 rings (SSSR count). The third-order valence-electron chi connectivity index (χ3n) is 2.37. The number of anilines is 1. The number of ether oxygens (including phenoxy) is 1. The molecule has 0 heterocycles. The Morgan fingerprint density at radius 3 is 2.84 bits per heavy atom. The molecule has 0 bridgehead atoms. The first-order valence-corrected chi connectivity index (χ1v) is 6.80. The predicted molar refractivity (Wildman–Crippen MR) is 77.1 cm³/mol. The molecule has 0 aliphatic heterocycles. The summed E-state index contributed by atoms with van der Waals surface area (Å²) in [6.07, 6.45) is 0. The van der Waals surface area contributed by atoms with Gasteiger partial charge in [-0.05, 0) is 35.0 Å². The van der Waals surface area contributed by atoms with Gasteiger partial charge in [-0.2, -0.15) is 0 Å². The summed E-state index contributed by atoms with van der Waals surface area (Å²) in [6.45, 7) is 2.56. The number of rotatable bonds is 6. The van der Waals surface area contributed by atoms with Crippen molar-refractivity contribution in [1.82, 2.24) is 5.32 Å². The molecule has 1 aromatic carbocycles. The summed E-state index contributed by atoms with van der Waals surface area (Å²) in [6, 6.07) is 1.96. The van der Waals surface area contributed by atoms with Gasteiger partial charge < -0.3 is 15.4 Å². The highest BCUT2D eigenvalue weighted by Crippen LogP contribution is 2.32. The van der Waals surface area contributed by atoms with Crippen LogP contribution in [0.5, 0.6) is 0 Å². The van der Waals surface area contributed by atoms with Crippen LogP contribution >= 0.6 is 27.5 Å². The second-order valence-electron chi connectivity index (χ2n) is 3.89. The van der Waals surface area contributed by atoms with Gasteiger partial charge in [-0.3, -0.25) is 4.79 Å². The van der Waals surface area contributed by atoms with Gasteiger partial charge in [0.15, 0.2) is 0 Å². The van der Waals surface area contributed by atoms with Crippen LogP contribution in [0.1, 0.15) is 6.92 Å². The highest BCUT2D eigenvalue weighted by molar-refractivity contribution is 9.10. The van der Waals surface area contributed by atoms with Crippen LogP contribution in [-0.2, 0) is 9.53 Å². The van der Waals surface area contributed by atoms with Crippen molar-refractivity contribution in [1.29, 1.82) is 0 Å². The van der Waals surface area contributed by atoms with E-state index >= 15 is 0 Å². The van der Waals surface area contributed by atoms with Crippen molar-refractivity contribution in [3.05, 3.63) is 27.4 Å². The highest BCUT2D eigenvalue weighted by atomic mass is 79.9. The van der Waals surface area contributed by atoms with Crippen LogP contribution in [-0.4, -0.2) is 32.2 Å².